The van der Waals surface area contributed by atoms with Crippen LogP contribution in [-0.4, -0.2) is 24.4 Å². The Morgan fingerprint density at radius 1 is 1.42 bits per heavy atom. The number of rotatable bonds is 5. The van der Waals surface area contributed by atoms with E-state index in [0.717, 1.165) is 0 Å². The lowest BCUT2D eigenvalue weighted by molar-refractivity contribution is 0.387. The molecule has 0 amide bonds. The second-order valence-corrected chi connectivity index (χ2v) is 4.55. The van der Waals surface area contributed by atoms with Gasteiger partial charge in [0.2, 0.25) is 0 Å². The normalized spacial score (nSPS) is 13.3. The predicted molar refractivity (Wildman–Crippen MR) is 47.0 cm³/mol. The summed E-state index contributed by atoms with van der Waals surface area (Å²) >= 11 is 0. The van der Waals surface area contributed by atoms with Gasteiger partial charge < -0.3 is 11.5 Å². The van der Waals surface area contributed by atoms with Gasteiger partial charge in [0.25, 0.3) is 10.1 Å². The van der Waals surface area contributed by atoms with E-state index in [-0.39, 0.29) is 5.75 Å². The summed E-state index contributed by atoms with van der Waals surface area (Å²) in [6.07, 6.45) is 1.27. The summed E-state index contributed by atoms with van der Waals surface area (Å²) in [5.41, 5.74) is 10.3. The summed E-state index contributed by atoms with van der Waals surface area (Å²) in [5.74, 6) is -0.275. The topological polar surface area (TPSA) is 106 Å². The minimum atomic E-state index is -3.87. The molecule has 0 fully saturated rings. The van der Waals surface area contributed by atoms with Crippen molar-refractivity contribution in [3.8, 4) is 0 Å². The van der Waals surface area contributed by atoms with Crippen molar-refractivity contribution in [3.63, 3.8) is 0 Å². The van der Waals surface area contributed by atoms with E-state index in [1.807, 2.05) is 6.92 Å². The third kappa shape index (κ3) is 6.53. The Kier molecular flexibility index (Phi) is 4.12. The molecule has 0 aromatic rings. The van der Waals surface area contributed by atoms with Crippen LogP contribution in [0.2, 0.25) is 0 Å². The quantitative estimate of drug-likeness (QED) is 0.412. The third-order valence-electron chi connectivity index (χ3n) is 1.70. The molecular weight excluding hydrogens is 180 g/mol. The Morgan fingerprint density at radius 2 is 1.92 bits per heavy atom. The average Bonchev–Trinajstić information content (AvgIpc) is 1.84. The number of hydrogen-bond donors (Lipinski definition) is 3. The van der Waals surface area contributed by atoms with E-state index in [9.17, 15) is 8.42 Å². The van der Waals surface area contributed by atoms with Crippen molar-refractivity contribution in [3.05, 3.63) is 0 Å². The van der Waals surface area contributed by atoms with E-state index >= 15 is 0 Å². The van der Waals surface area contributed by atoms with Crippen LogP contribution in [-0.2, 0) is 10.1 Å². The average molecular weight is 196 g/mol. The van der Waals surface area contributed by atoms with Crippen LogP contribution in [0.5, 0.6) is 0 Å². The van der Waals surface area contributed by atoms with Crippen molar-refractivity contribution < 1.29 is 13.0 Å². The lowest BCUT2D eigenvalue weighted by atomic mass is 10.0. The summed E-state index contributed by atoms with van der Waals surface area (Å²) in [6, 6.07) is 0. The van der Waals surface area contributed by atoms with E-state index < -0.39 is 15.8 Å². The molecule has 5 N–H and O–H groups in total. The molecule has 0 aliphatic rings. The molecule has 0 unspecified atom stereocenters. The first kappa shape index (κ1) is 11.8. The molecule has 0 saturated carbocycles. The second kappa shape index (κ2) is 4.18. The Hall–Kier alpha value is -0.170. The van der Waals surface area contributed by atoms with Gasteiger partial charge in [0.1, 0.15) is 0 Å². The zero-order valence-corrected chi connectivity index (χ0v) is 7.97. The van der Waals surface area contributed by atoms with Crippen molar-refractivity contribution in [1.29, 1.82) is 0 Å². The second-order valence-electron chi connectivity index (χ2n) is 2.98. The fourth-order valence-electron chi connectivity index (χ4n) is 0.760. The van der Waals surface area contributed by atoms with Crippen LogP contribution in [0.3, 0.4) is 0 Å². The van der Waals surface area contributed by atoms with Gasteiger partial charge in [0, 0.05) is 0 Å². The fraction of sp³-hybridized carbons (Fsp3) is 1.00. The van der Waals surface area contributed by atoms with Gasteiger partial charge in [-0.3, -0.25) is 4.55 Å². The highest BCUT2D eigenvalue weighted by Gasteiger charge is 2.16. The van der Waals surface area contributed by atoms with Gasteiger partial charge in [-0.05, 0) is 19.3 Å². The van der Waals surface area contributed by atoms with Gasteiger partial charge in [0.05, 0.1) is 11.4 Å². The molecule has 12 heavy (non-hydrogen) atoms. The molecule has 74 valence electrons. The molecule has 6 heteroatoms. The zero-order valence-electron chi connectivity index (χ0n) is 7.16. The lowest BCUT2D eigenvalue weighted by Crippen LogP contribution is -2.48. The summed E-state index contributed by atoms with van der Waals surface area (Å²) in [6.45, 7) is 1.83. The van der Waals surface area contributed by atoms with Gasteiger partial charge in [-0.25, -0.2) is 0 Å². The molecule has 0 radical (unpaired) electrons. The molecule has 0 aliphatic heterocycles. The molecule has 0 aromatic heterocycles. The first-order valence-electron chi connectivity index (χ1n) is 3.80. The summed E-state index contributed by atoms with van der Waals surface area (Å²) in [7, 11) is -3.87. The van der Waals surface area contributed by atoms with E-state index in [2.05, 4.69) is 0 Å². The molecule has 0 spiro atoms. The number of nitrogens with two attached hydrogens (primary N) is 2. The van der Waals surface area contributed by atoms with Gasteiger partial charge >= 0.3 is 0 Å². The highest BCUT2D eigenvalue weighted by atomic mass is 32.2. The van der Waals surface area contributed by atoms with Crippen LogP contribution in [0.25, 0.3) is 0 Å². The van der Waals surface area contributed by atoms with Crippen molar-refractivity contribution in [1.82, 2.24) is 0 Å². The molecule has 0 heterocycles. The summed E-state index contributed by atoms with van der Waals surface area (Å²) in [5, 5.41) is 0. The smallest absolute Gasteiger partial charge is 0.264 e. The first-order chi connectivity index (χ1) is 5.27. The van der Waals surface area contributed by atoms with Gasteiger partial charge in [0.15, 0.2) is 0 Å². The highest BCUT2D eigenvalue weighted by molar-refractivity contribution is 7.85. The predicted octanol–water partition coefficient (Wildman–Crippen LogP) is -0.322. The largest absolute Gasteiger partial charge is 0.314 e. The molecular formula is C6H16N2O3S. The summed E-state index contributed by atoms with van der Waals surface area (Å²) in [4.78, 5) is 0. The Balaban J connectivity index is 3.72. The maximum Gasteiger partial charge on any atom is 0.264 e. The highest BCUT2D eigenvalue weighted by Crippen LogP contribution is 2.07. The van der Waals surface area contributed by atoms with Crippen LogP contribution >= 0.6 is 0 Å². The SMILES string of the molecule is CCC(N)(N)CCCS(=O)(=O)O. The minimum Gasteiger partial charge on any atom is -0.314 e. The molecule has 0 atom stereocenters. The molecule has 0 saturated heterocycles. The Morgan fingerprint density at radius 3 is 2.25 bits per heavy atom. The van der Waals surface area contributed by atoms with Crippen molar-refractivity contribution in [2.45, 2.75) is 31.8 Å². The van der Waals surface area contributed by atoms with Crippen LogP contribution in [0.4, 0.5) is 0 Å². The zero-order chi connectivity index (χ0) is 9.83. The van der Waals surface area contributed by atoms with Gasteiger partial charge in [-0.2, -0.15) is 8.42 Å². The standard InChI is InChI=1S/C6H16N2O3S/c1-2-6(7,8)4-3-5-12(9,10)11/h2-5,7-8H2,1H3,(H,9,10,11). The van der Waals surface area contributed by atoms with Gasteiger partial charge in [-0.15, -0.1) is 0 Å². The van der Waals surface area contributed by atoms with Crippen molar-refractivity contribution >= 4 is 10.1 Å². The molecule has 5 nitrogen and oxygen atoms in total. The van der Waals surface area contributed by atoms with E-state index in [1.165, 1.54) is 0 Å². The minimum absolute atomic E-state index is 0.275. The van der Waals surface area contributed by atoms with Gasteiger partial charge in [-0.1, -0.05) is 6.92 Å². The number of hydrogen-bond acceptors (Lipinski definition) is 4. The molecule has 0 rings (SSSR count). The Labute approximate surface area is 72.9 Å². The Bertz CT molecular complexity index is 223. The monoisotopic (exact) mass is 196 g/mol. The maximum atomic E-state index is 10.3. The van der Waals surface area contributed by atoms with Crippen LogP contribution < -0.4 is 11.5 Å². The van der Waals surface area contributed by atoms with E-state index in [0.29, 0.717) is 19.3 Å². The lowest BCUT2D eigenvalue weighted by Gasteiger charge is -2.21. The maximum absolute atomic E-state index is 10.3. The first-order valence-corrected chi connectivity index (χ1v) is 5.41. The van der Waals surface area contributed by atoms with Crippen LogP contribution in [0, 0.1) is 0 Å². The van der Waals surface area contributed by atoms with E-state index in [1.54, 1.807) is 0 Å². The van der Waals surface area contributed by atoms with Crippen LogP contribution in [0.1, 0.15) is 26.2 Å². The fourth-order valence-corrected chi connectivity index (χ4v) is 1.27. The summed E-state index contributed by atoms with van der Waals surface area (Å²) < 4.78 is 28.9. The van der Waals surface area contributed by atoms with Crippen molar-refractivity contribution in [2.75, 3.05) is 5.75 Å². The third-order valence-corrected chi connectivity index (χ3v) is 2.51. The van der Waals surface area contributed by atoms with Crippen molar-refractivity contribution in [2.24, 2.45) is 11.5 Å². The molecule has 0 bridgehead atoms. The van der Waals surface area contributed by atoms with E-state index in [4.69, 9.17) is 16.0 Å². The molecule has 0 aromatic carbocycles. The van der Waals surface area contributed by atoms with Crippen LogP contribution in [0.15, 0.2) is 0 Å². The molecule has 0 aliphatic carbocycles.